The smallest absolute Gasteiger partial charge is 0.220 e. The molecule has 1 amide bonds. The molecule has 0 saturated carbocycles. The highest BCUT2D eigenvalue weighted by atomic mass is 35.5. The topological polar surface area (TPSA) is 59.8 Å². The predicted molar refractivity (Wildman–Crippen MR) is 128 cm³/mol. The fourth-order valence-electron chi connectivity index (χ4n) is 3.33. The van der Waals surface area contributed by atoms with Crippen LogP contribution in [0, 0.1) is 13.8 Å². The second-order valence-corrected chi connectivity index (χ2v) is 9.09. The number of carbonyl (C=O) groups excluding carboxylic acids is 1. The van der Waals surface area contributed by atoms with Crippen molar-refractivity contribution in [3.63, 3.8) is 0 Å². The van der Waals surface area contributed by atoms with Crippen molar-refractivity contribution in [2.75, 3.05) is 0 Å². The Kier molecular flexibility index (Phi) is 8.15. The minimum atomic E-state index is -0.275. The summed E-state index contributed by atoms with van der Waals surface area (Å²) in [5, 5.41) is 13.4. The fourth-order valence-corrected chi connectivity index (χ4v) is 4.53. The van der Waals surface area contributed by atoms with Gasteiger partial charge in [-0.3, -0.25) is 9.36 Å². The van der Waals surface area contributed by atoms with Gasteiger partial charge in [-0.15, -0.1) is 10.2 Å². The number of nitrogens with one attached hydrogen (secondary N) is 1. The number of thioether (sulfide) groups is 1. The number of amides is 1. The van der Waals surface area contributed by atoms with Crippen molar-refractivity contribution < 1.29 is 4.79 Å². The number of aromatic nitrogens is 3. The number of hydrogen-bond donors (Lipinski definition) is 1. The summed E-state index contributed by atoms with van der Waals surface area (Å²) in [6, 6.07) is 13.8. The normalized spacial score (nSPS) is 12.0. The van der Waals surface area contributed by atoms with Crippen molar-refractivity contribution in [3.05, 3.63) is 70.0 Å². The number of unbranched alkanes of at least 4 members (excludes halogenated alkanes) is 1. The molecule has 0 aliphatic rings. The van der Waals surface area contributed by atoms with Gasteiger partial charge in [-0.05, 0) is 56.0 Å². The lowest BCUT2D eigenvalue weighted by Crippen LogP contribution is -2.28. The molecule has 0 aliphatic heterocycles. The molecular formula is C24H29ClN4OS. The molecule has 1 heterocycles. The summed E-state index contributed by atoms with van der Waals surface area (Å²) in [6.45, 7) is 8.17. The molecule has 2 aromatic carbocycles. The second kappa shape index (κ2) is 10.8. The second-order valence-electron chi connectivity index (χ2n) is 7.71. The first-order valence-electron chi connectivity index (χ1n) is 10.6. The molecular weight excluding hydrogens is 428 g/mol. The minimum Gasteiger partial charge on any atom is -0.346 e. The highest BCUT2D eigenvalue weighted by molar-refractivity contribution is 7.98. The van der Waals surface area contributed by atoms with E-state index in [1.807, 2.05) is 48.7 Å². The average molecular weight is 457 g/mol. The van der Waals surface area contributed by atoms with Crippen LogP contribution in [-0.2, 0) is 10.5 Å². The van der Waals surface area contributed by atoms with Crippen molar-refractivity contribution in [1.29, 1.82) is 0 Å². The van der Waals surface area contributed by atoms with Gasteiger partial charge < -0.3 is 5.32 Å². The molecule has 1 aromatic heterocycles. The summed E-state index contributed by atoms with van der Waals surface area (Å²) in [6.07, 6.45) is 2.37. The van der Waals surface area contributed by atoms with Gasteiger partial charge in [-0.25, -0.2) is 0 Å². The number of halogens is 1. The zero-order valence-electron chi connectivity index (χ0n) is 18.5. The Balaban J connectivity index is 1.95. The Bertz CT molecular complexity index is 1050. The van der Waals surface area contributed by atoms with Crippen LogP contribution in [0.3, 0.4) is 0 Å². The van der Waals surface area contributed by atoms with E-state index in [0.29, 0.717) is 17.3 Å². The lowest BCUT2D eigenvalue weighted by molar-refractivity contribution is -0.121. The maximum absolute atomic E-state index is 12.3. The molecule has 1 atom stereocenters. The molecule has 0 spiro atoms. The summed E-state index contributed by atoms with van der Waals surface area (Å²) in [7, 11) is 0. The molecule has 0 aliphatic carbocycles. The van der Waals surface area contributed by atoms with Gasteiger partial charge >= 0.3 is 0 Å². The van der Waals surface area contributed by atoms with E-state index >= 15 is 0 Å². The van der Waals surface area contributed by atoms with Crippen LogP contribution < -0.4 is 5.32 Å². The zero-order valence-corrected chi connectivity index (χ0v) is 20.1. The fraction of sp³-hybridized carbons (Fsp3) is 0.375. The van der Waals surface area contributed by atoms with Gasteiger partial charge in [0.2, 0.25) is 5.91 Å². The first-order valence-corrected chi connectivity index (χ1v) is 12.0. The molecule has 164 valence electrons. The number of rotatable bonds is 9. The van der Waals surface area contributed by atoms with Gasteiger partial charge in [-0.2, -0.15) is 0 Å². The van der Waals surface area contributed by atoms with E-state index in [1.165, 1.54) is 11.1 Å². The highest BCUT2D eigenvalue weighted by Gasteiger charge is 2.22. The molecule has 0 bridgehead atoms. The van der Waals surface area contributed by atoms with Gasteiger partial charge in [0.15, 0.2) is 11.0 Å². The summed E-state index contributed by atoms with van der Waals surface area (Å²) in [5.41, 5.74) is 4.49. The monoisotopic (exact) mass is 456 g/mol. The lowest BCUT2D eigenvalue weighted by atomic mass is 10.1. The van der Waals surface area contributed by atoms with Crippen molar-refractivity contribution >= 4 is 29.3 Å². The minimum absolute atomic E-state index is 0.0285. The third-order valence-corrected chi connectivity index (χ3v) is 6.42. The number of carbonyl (C=O) groups is 1. The van der Waals surface area contributed by atoms with E-state index in [-0.39, 0.29) is 11.9 Å². The largest absolute Gasteiger partial charge is 0.346 e. The van der Waals surface area contributed by atoms with E-state index in [1.54, 1.807) is 11.8 Å². The predicted octanol–water partition coefficient (Wildman–Crippen LogP) is 6.20. The lowest BCUT2D eigenvalue weighted by Gasteiger charge is -2.18. The van der Waals surface area contributed by atoms with Gasteiger partial charge in [-0.1, -0.05) is 67.0 Å². The van der Waals surface area contributed by atoms with E-state index in [2.05, 4.69) is 41.5 Å². The van der Waals surface area contributed by atoms with Crippen LogP contribution in [0.1, 0.15) is 61.7 Å². The quantitative estimate of drug-likeness (QED) is 0.389. The number of aryl methyl sites for hydroxylation is 2. The first kappa shape index (κ1) is 23.4. The van der Waals surface area contributed by atoms with Crippen molar-refractivity contribution in [2.45, 2.75) is 63.9 Å². The van der Waals surface area contributed by atoms with Crippen LogP contribution in [0.2, 0.25) is 5.02 Å². The Morgan fingerprint density at radius 3 is 2.68 bits per heavy atom. The van der Waals surface area contributed by atoms with Crippen molar-refractivity contribution in [2.24, 2.45) is 0 Å². The molecule has 1 N–H and O–H groups in total. The van der Waals surface area contributed by atoms with Gasteiger partial charge in [0, 0.05) is 17.2 Å². The maximum Gasteiger partial charge on any atom is 0.220 e. The molecule has 3 rings (SSSR count). The zero-order chi connectivity index (χ0) is 22.4. The van der Waals surface area contributed by atoms with Gasteiger partial charge in [0.1, 0.15) is 0 Å². The van der Waals surface area contributed by atoms with Crippen LogP contribution in [0.4, 0.5) is 0 Å². The van der Waals surface area contributed by atoms with Crippen LogP contribution in [0.15, 0.2) is 47.6 Å². The molecule has 31 heavy (non-hydrogen) atoms. The average Bonchev–Trinajstić information content (AvgIpc) is 3.17. The molecule has 0 saturated heterocycles. The summed E-state index contributed by atoms with van der Waals surface area (Å²) in [4.78, 5) is 12.3. The number of nitrogens with zero attached hydrogens (tertiary/aromatic N) is 3. The molecule has 7 heteroatoms. The summed E-state index contributed by atoms with van der Waals surface area (Å²) in [5.74, 6) is 1.50. The Morgan fingerprint density at radius 1 is 1.16 bits per heavy atom. The Morgan fingerprint density at radius 2 is 1.94 bits per heavy atom. The summed E-state index contributed by atoms with van der Waals surface area (Å²) < 4.78 is 2.02. The number of hydrogen-bond acceptors (Lipinski definition) is 4. The SMILES string of the molecule is CCCCC(=O)NC(C)c1nnc(SCc2ccccc2C)n1-c1cc(Cl)ccc1C. The van der Waals surface area contributed by atoms with E-state index < -0.39 is 0 Å². The van der Waals surface area contributed by atoms with E-state index in [9.17, 15) is 4.79 Å². The van der Waals surface area contributed by atoms with Gasteiger partial charge in [0.05, 0.1) is 11.7 Å². The van der Waals surface area contributed by atoms with Crippen LogP contribution in [0.25, 0.3) is 5.69 Å². The highest BCUT2D eigenvalue weighted by Crippen LogP contribution is 2.31. The number of benzene rings is 2. The van der Waals surface area contributed by atoms with E-state index in [0.717, 1.165) is 35.0 Å². The third kappa shape index (κ3) is 5.89. The Labute approximate surface area is 193 Å². The standard InChI is InChI=1S/C24H29ClN4OS/c1-5-6-11-22(30)26-18(4)23-27-28-24(31-15-19-10-8-7-9-16(19)2)29(23)21-14-20(25)13-12-17(21)3/h7-10,12-14,18H,5-6,11,15H2,1-4H3,(H,26,30). The van der Waals surface area contributed by atoms with E-state index in [4.69, 9.17) is 11.6 Å². The van der Waals surface area contributed by atoms with Crippen LogP contribution >= 0.6 is 23.4 Å². The Hall–Kier alpha value is -2.31. The van der Waals surface area contributed by atoms with Crippen LogP contribution in [0.5, 0.6) is 0 Å². The van der Waals surface area contributed by atoms with Crippen LogP contribution in [-0.4, -0.2) is 20.7 Å². The third-order valence-electron chi connectivity index (χ3n) is 5.21. The maximum atomic E-state index is 12.3. The molecule has 0 radical (unpaired) electrons. The summed E-state index contributed by atoms with van der Waals surface area (Å²) >= 11 is 7.95. The first-order chi connectivity index (χ1) is 14.9. The molecule has 0 fully saturated rings. The van der Waals surface area contributed by atoms with Crippen molar-refractivity contribution in [3.8, 4) is 5.69 Å². The van der Waals surface area contributed by atoms with Crippen molar-refractivity contribution in [1.82, 2.24) is 20.1 Å². The molecule has 1 unspecified atom stereocenters. The molecule has 5 nitrogen and oxygen atoms in total. The molecule has 3 aromatic rings. The van der Waals surface area contributed by atoms with Gasteiger partial charge in [0.25, 0.3) is 0 Å².